The minimum atomic E-state index is -3.12. The van der Waals surface area contributed by atoms with Gasteiger partial charge in [0.1, 0.15) is 5.15 Å². The molecule has 0 saturated heterocycles. The number of aromatic nitrogens is 1. The molecule has 0 aromatic carbocycles. The van der Waals surface area contributed by atoms with Crippen molar-refractivity contribution in [3.05, 3.63) is 29.0 Å². The van der Waals surface area contributed by atoms with Crippen LogP contribution in [0.1, 0.15) is 25.8 Å². The van der Waals surface area contributed by atoms with Crippen LogP contribution in [0.3, 0.4) is 0 Å². The van der Waals surface area contributed by atoms with E-state index in [4.69, 9.17) is 11.6 Å². The maximum atomic E-state index is 11.3. The van der Waals surface area contributed by atoms with Crippen molar-refractivity contribution in [1.82, 2.24) is 20.3 Å². The van der Waals surface area contributed by atoms with Crippen LogP contribution in [0.2, 0.25) is 5.15 Å². The normalized spacial score (nSPS) is 12.2. The predicted molar refractivity (Wildman–Crippen MR) is 99.0 cm³/mol. The molecule has 0 bridgehead atoms. The van der Waals surface area contributed by atoms with Gasteiger partial charge in [-0.25, -0.2) is 18.1 Å². The molecule has 0 aliphatic heterocycles. The number of hydrogen-bond donors (Lipinski definition) is 3. The summed E-state index contributed by atoms with van der Waals surface area (Å²) < 4.78 is 25.1. The van der Waals surface area contributed by atoms with Crippen molar-refractivity contribution in [2.24, 2.45) is 4.99 Å². The average molecular weight is 376 g/mol. The third-order valence-electron chi connectivity index (χ3n) is 3.15. The molecule has 0 radical (unpaired) electrons. The van der Waals surface area contributed by atoms with E-state index in [0.717, 1.165) is 31.0 Å². The zero-order valence-corrected chi connectivity index (χ0v) is 15.8. The first-order valence-corrected chi connectivity index (χ1v) is 10.1. The summed E-state index contributed by atoms with van der Waals surface area (Å²) >= 11 is 5.76. The Kier molecular flexibility index (Phi) is 9.66. The lowest BCUT2D eigenvalue weighted by Crippen LogP contribution is -2.38. The molecule has 3 N–H and O–H groups in total. The number of halogens is 1. The maximum absolute atomic E-state index is 11.3. The summed E-state index contributed by atoms with van der Waals surface area (Å²) in [6, 6.07) is 3.72. The molecule has 0 fully saturated rings. The molecule has 1 rings (SSSR count). The molecule has 0 saturated carbocycles. The Morgan fingerprint density at radius 3 is 2.67 bits per heavy atom. The van der Waals surface area contributed by atoms with E-state index in [2.05, 4.69) is 25.3 Å². The predicted octanol–water partition coefficient (Wildman–Crippen LogP) is 1.16. The average Bonchev–Trinajstić information content (AvgIpc) is 2.56. The van der Waals surface area contributed by atoms with Gasteiger partial charge < -0.3 is 10.6 Å². The summed E-state index contributed by atoms with van der Waals surface area (Å²) in [7, 11) is -3.12. The topological polar surface area (TPSA) is 95.5 Å². The number of nitrogens with one attached hydrogen (secondary N) is 3. The highest BCUT2D eigenvalue weighted by Crippen LogP contribution is 2.05. The van der Waals surface area contributed by atoms with E-state index >= 15 is 0 Å². The molecule has 7 nitrogen and oxygen atoms in total. The Hall–Kier alpha value is -1.38. The van der Waals surface area contributed by atoms with Gasteiger partial charge in [-0.2, -0.15) is 0 Å². The standard InChI is InChI=1S/C15H26ClN5O2S/c1-3-17-15(18-9-5-10-21-24(22,23)4-2)19-11-8-13-6-7-14(16)20-12-13/h6-7,12,21H,3-5,8-11H2,1-2H3,(H2,17,18,19). The number of guanidine groups is 1. The maximum Gasteiger partial charge on any atom is 0.211 e. The molecule has 0 atom stereocenters. The van der Waals surface area contributed by atoms with Crippen molar-refractivity contribution in [2.75, 3.05) is 31.9 Å². The number of nitrogens with zero attached hydrogens (tertiary/aromatic N) is 2. The lowest BCUT2D eigenvalue weighted by molar-refractivity contribution is 0.581. The summed E-state index contributed by atoms with van der Waals surface area (Å²) in [6.45, 7) is 6.04. The van der Waals surface area contributed by atoms with Crippen LogP contribution in [0.4, 0.5) is 0 Å². The van der Waals surface area contributed by atoms with Gasteiger partial charge >= 0.3 is 0 Å². The summed E-state index contributed by atoms with van der Waals surface area (Å²) in [5, 5.41) is 6.89. The minimum Gasteiger partial charge on any atom is -0.357 e. The van der Waals surface area contributed by atoms with E-state index in [0.29, 0.717) is 24.7 Å². The third kappa shape index (κ3) is 9.05. The van der Waals surface area contributed by atoms with Crippen molar-refractivity contribution in [2.45, 2.75) is 26.7 Å². The van der Waals surface area contributed by atoms with Gasteiger partial charge in [-0.3, -0.25) is 4.99 Å². The second-order valence-electron chi connectivity index (χ2n) is 5.08. The first-order valence-electron chi connectivity index (χ1n) is 8.06. The second-order valence-corrected chi connectivity index (χ2v) is 7.56. The quantitative estimate of drug-likeness (QED) is 0.247. The van der Waals surface area contributed by atoms with E-state index in [1.807, 2.05) is 13.0 Å². The fraction of sp³-hybridized carbons (Fsp3) is 0.600. The zero-order chi connectivity index (χ0) is 17.8. The van der Waals surface area contributed by atoms with Crippen molar-refractivity contribution < 1.29 is 8.42 Å². The van der Waals surface area contributed by atoms with Crippen LogP contribution < -0.4 is 15.4 Å². The largest absolute Gasteiger partial charge is 0.357 e. The smallest absolute Gasteiger partial charge is 0.211 e. The van der Waals surface area contributed by atoms with E-state index in [-0.39, 0.29) is 5.75 Å². The van der Waals surface area contributed by atoms with Crippen molar-refractivity contribution in [3.63, 3.8) is 0 Å². The van der Waals surface area contributed by atoms with Crippen LogP contribution in [0, 0.1) is 0 Å². The highest BCUT2D eigenvalue weighted by molar-refractivity contribution is 7.89. The molecular formula is C15H26ClN5O2S. The molecule has 1 heterocycles. The molecule has 9 heteroatoms. The van der Waals surface area contributed by atoms with Crippen LogP contribution in [0.25, 0.3) is 0 Å². The van der Waals surface area contributed by atoms with Crippen molar-refractivity contribution >= 4 is 27.6 Å². The fourth-order valence-electron chi connectivity index (χ4n) is 1.82. The molecule has 0 aliphatic rings. The van der Waals surface area contributed by atoms with Crippen LogP contribution in [-0.4, -0.2) is 51.3 Å². The minimum absolute atomic E-state index is 0.0972. The molecule has 136 valence electrons. The molecule has 0 amide bonds. The highest BCUT2D eigenvalue weighted by atomic mass is 35.5. The Bertz CT molecular complexity index is 605. The van der Waals surface area contributed by atoms with Crippen LogP contribution in [0.15, 0.2) is 23.3 Å². The lowest BCUT2D eigenvalue weighted by Gasteiger charge is -2.11. The summed E-state index contributed by atoms with van der Waals surface area (Å²) in [4.78, 5) is 8.47. The Morgan fingerprint density at radius 1 is 1.25 bits per heavy atom. The van der Waals surface area contributed by atoms with E-state index in [9.17, 15) is 8.42 Å². The van der Waals surface area contributed by atoms with Gasteiger partial charge in [-0.15, -0.1) is 0 Å². The summed E-state index contributed by atoms with van der Waals surface area (Å²) in [6.07, 6.45) is 3.22. The highest BCUT2D eigenvalue weighted by Gasteiger charge is 2.04. The van der Waals surface area contributed by atoms with E-state index in [1.54, 1.807) is 19.2 Å². The van der Waals surface area contributed by atoms with Crippen LogP contribution in [0.5, 0.6) is 0 Å². The summed E-state index contributed by atoms with van der Waals surface area (Å²) in [5.74, 6) is 0.817. The van der Waals surface area contributed by atoms with E-state index in [1.165, 1.54) is 0 Å². The first-order chi connectivity index (χ1) is 11.5. The summed E-state index contributed by atoms with van der Waals surface area (Å²) in [5.41, 5.74) is 1.09. The Labute approximate surface area is 149 Å². The molecular weight excluding hydrogens is 350 g/mol. The SMILES string of the molecule is CCNC(=NCCCNS(=O)(=O)CC)NCCc1ccc(Cl)nc1. The lowest BCUT2D eigenvalue weighted by atomic mass is 10.2. The van der Waals surface area contributed by atoms with Gasteiger partial charge in [0.2, 0.25) is 10.0 Å². The monoisotopic (exact) mass is 375 g/mol. The van der Waals surface area contributed by atoms with Gasteiger partial charge in [-0.05, 0) is 38.3 Å². The van der Waals surface area contributed by atoms with Gasteiger partial charge in [0.25, 0.3) is 0 Å². The molecule has 24 heavy (non-hydrogen) atoms. The fourth-order valence-corrected chi connectivity index (χ4v) is 2.59. The Balaban J connectivity index is 2.32. The number of rotatable bonds is 10. The molecule has 1 aromatic heterocycles. The first kappa shape index (κ1) is 20.7. The van der Waals surface area contributed by atoms with Gasteiger partial charge in [0.15, 0.2) is 5.96 Å². The molecule has 0 unspecified atom stereocenters. The van der Waals surface area contributed by atoms with Gasteiger partial charge in [0.05, 0.1) is 5.75 Å². The van der Waals surface area contributed by atoms with Gasteiger partial charge in [-0.1, -0.05) is 17.7 Å². The van der Waals surface area contributed by atoms with Crippen LogP contribution >= 0.6 is 11.6 Å². The second kappa shape index (κ2) is 11.2. The molecule has 0 aliphatic carbocycles. The van der Waals surface area contributed by atoms with E-state index < -0.39 is 10.0 Å². The Morgan fingerprint density at radius 2 is 2.04 bits per heavy atom. The molecule has 0 spiro atoms. The van der Waals surface area contributed by atoms with Crippen LogP contribution in [-0.2, 0) is 16.4 Å². The van der Waals surface area contributed by atoms with Gasteiger partial charge in [0, 0.05) is 32.4 Å². The van der Waals surface area contributed by atoms with Crippen molar-refractivity contribution in [3.8, 4) is 0 Å². The number of hydrogen-bond acceptors (Lipinski definition) is 4. The number of sulfonamides is 1. The number of pyridine rings is 1. The molecule has 1 aromatic rings. The zero-order valence-electron chi connectivity index (χ0n) is 14.2. The number of aliphatic imine (C=N–C) groups is 1. The third-order valence-corrected chi connectivity index (χ3v) is 4.77. The van der Waals surface area contributed by atoms with Crippen molar-refractivity contribution in [1.29, 1.82) is 0 Å².